The minimum Gasteiger partial charge on any atom is -0.368 e. The van der Waals surface area contributed by atoms with Gasteiger partial charge < -0.3 is 16.4 Å². The molecule has 2 unspecified atom stereocenters. The molecule has 0 rings (SSSR count). The summed E-state index contributed by atoms with van der Waals surface area (Å²) in [6, 6.07) is -0.326. The van der Waals surface area contributed by atoms with Crippen molar-refractivity contribution in [3.8, 4) is 0 Å². The molecule has 4 N–H and O–H groups in total. The second-order valence-corrected chi connectivity index (χ2v) is 5.22. The molecule has 0 heterocycles. The van der Waals surface area contributed by atoms with Crippen LogP contribution in [-0.2, 0) is 9.59 Å². The van der Waals surface area contributed by atoms with Crippen molar-refractivity contribution < 1.29 is 9.59 Å². The van der Waals surface area contributed by atoms with Gasteiger partial charge in [-0.15, -0.1) is 0 Å². The summed E-state index contributed by atoms with van der Waals surface area (Å²) >= 11 is 0. The molecule has 2 atom stereocenters. The van der Waals surface area contributed by atoms with Crippen LogP contribution < -0.4 is 16.4 Å². The Bertz CT molecular complexity index is 289. The van der Waals surface area contributed by atoms with E-state index in [9.17, 15) is 9.59 Å². The van der Waals surface area contributed by atoms with Gasteiger partial charge in [0.1, 0.15) is 5.54 Å². The zero-order chi connectivity index (χ0) is 13.8. The Morgan fingerprint density at radius 1 is 1.18 bits per heavy atom. The van der Waals surface area contributed by atoms with E-state index in [1.54, 1.807) is 14.0 Å². The predicted molar refractivity (Wildman–Crippen MR) is 68.3 cm³/mol. The first-order chi connectivity index (χ1) is 7.66. The first kappa shape index (κ1) is 15.9. The molecule has 0 aromatic carbocycles. The number of likely N-dealkylation sites (N-methyl/N-ethyl adjacent to an activating group) is 1. The van der Waals surface area contributed by atoms with Crippen LogP contribution in [0.1, 0.15) is 34.6 Å². The largest absolute Gasteiger partial charge is 0.368 e. The van der Waals surface area contributed by atoms with Gasteiger partial charge >= 0.3 is 0 Å². The van der Waals surface area contributed by atoms with Gasteiger partial charge in [0.15, 0.2) is 0 Å². The quantitative estimate of drug-likeness (QED) is 0.625. The van der Waals surface area contributed by atoms with Crippen LogP contribution in [0.3, 0.4) is 0 Å². The number of carbonyl (C=O) groups is 2. The summed E-state index contributed by atoms with van der Waals surface area (Å²) in [5, 5.41) is 5.69. The molecule has 0 fully saturated rings. The fourth-order valence-electron chi connectivity index (χ4n) is 1.59. The number of nitrogens with one attached hydrogen (secondary N) is 2. The van der Waals surface area contributed by atoms with Crippen LogP contribution in [-0.4, -0.2) is 30.4 Å². The lowest BCUT2D eigenvalue weighted by molar-refractivity contribution is -0.134. The highest BCUT2D eigenvalue weighted by molar-refractivity contribution is 5.92. The van der Waals surface area contributed by atoms with E-state index in [1.807, 2.05) is 27.7 Å². The first-order valence-corrected chi connectivity index (χ1v) is 5.96. The Hall–Kier alpha value is -1.10. The third kappa shape index (κ3) is 3.70. The average Bonchev–Trinajstić information content (AvgIpc) is 2.16. The smallest absolute Gasteiger partial charge is 0.243 e. The van der Waals surface area contributed by atoms with Crippen LogP contribution in [0, 0.1) is 11.8 Å². The molecule has 0 bridgehead atoms. The minimum absolute atomic E-state index is 0.0615. The van der Waals surface area contributed by atoms with Crippen molar-refractivity contribution in [3.05, 3.63) is 0 Å². The molecular formula is C12H25N3O2. The second kappa shape index (κ2) is 6.00. The molecule has 0 radical (unpaired) electrons. The molecular weight excluding hydrogens is 218 g/mol. The van der Waals surface area contributed by atoms with Gasteiger partial charge in [-0.3, -0.25) is 9.59 Å². The number of hydrogen-bond donors (Lipinski definition) is 3. The Morgan fingerprint density at radius 2 is 1.65 bits per heavy atom. The summed E-state index contributed by atoms with van der Waals surface area (Å²) in [7, 11) is 1.72. The molecule has 0 aliphatic heterocycles. The molecule has 0 aliphatic carbocycles. The maximum Gasteiger partial charge on any atom is 0.243 e. The number of carbonyl (C=O) groups excluding carboxylic acids is 2. The van der Waals surface area contributed by atoms with E-state index in [0.29, 0.717) is 0 Å². The maximum absolute atomic E-state index is 12.1. The summed E-state index contributed by atoms with van der Waals surface area (Å²) in [6.07, 6.45) is 0. The van der Waals surface area contributed by atoms with E-state index >= 15 is 0 Å². The SMILES string of the molecule is CNC(C(=O)NC(C)(C(N)=O)C(C)C)C(C)C. The summed E-state index contributed by atoms with van der Waals surface area (Å²) in [4.78, 5) is 23.5. The Balaban J connectivity index is 4.91. The summed E-state index contributed by atoms with van der Waals surface area (Å²) in [5.41, 5.74) is 4.35. The highest BCUT2D eigenvalue weighted by atomic mass is 16.2. The minimum atomic E-state index is -1.01. The molecule has 0 aromatic heterocycles. The van der Waals surface area contributed by atoms with Crippen molar-refractivity contribution in [2.45, 2.75) is 46.2 Å². The highest BCUT2D eigenvalue weighted by Gasteiger charge is 2.38. The van der Waals surface area contributed by atoms with Gasteiger partial charge in [-0.2, -0.15) is 0 Å². The first-order valence-electron chi connectivity index (χ1n) is 5.96. The van der Waals surface area contributed by atoms with Crippen molar-refractivity contribution in [2.75, 3.05) is 7.05 Å². The summed E-state index contributed by atoms with van der Waals surface area (Å²) < 4.78 is 0. The van der Waals surface area contributed by atoms with Crippen LogP contribution in [0.4, 0.5) is 0 Å². The normalized spacial score (nSPS) is 16.7. The van der Waals surface area contributed by atoms with Gasteiger partial charge in [0, 0.05) is 0 Å². The zero-order valence-electron chi connectivity index (χ0n) is 11.6. The highest BCUT2D eigenvalue weighted by Crippen LogP contribution is 2.16. The third-order valence-corrected chi connectivity index (χ3v) is 3.31. The Labute approximate surface area is 104 Å². The topological polar surface area (TPSA) is 84.2 Å². The molecule has 0 aromatic rings. The van der Waals surface area contributed by atoms with E-state index in [2.05, 4.69) is 10.6 Å². The molecule has 5 heteroatoms. The van der Waals surface area contributed by atoms with Crippen molar-refractivity contribution in [2.24, 2.45) is 17.6 Å². The lowest BCUT2D eigenvalue weighted by Crippen LogP contribution is -2.62. The Morgan fingerprint density at radius 3 is 1.88 bits per heavy atom. The molecule has 17 heavy (non-hydrogen) atoms. The van der Waals surface area contributed by atoms with Crippen LogP contribution in [0.5, 0.6) is 0 Å². The zero-order valence-corrected chi connectivity index (χ0v) is 11.6. The van der Waals surface area contributed by atoms with E-state index < -0.39 is 11.4 Å². The van der Waals surface area contributed by atoms with E-state index in [4.69, 9.17) is 5.73 Å². The number of primary amides is 1. The predicted octanol–water partition coefficient (Wildman–Crippen LogP) is 0.247. The van der Waals surface area contributed by atoms with Crippen LogP contribution in [0.15, 0.2) is 0 Å². The number of hydrogen-bond acceptors (Lipinski definition) is 3. The standard InChI is InChI=1S/C12H25N3O2/c1-7(2)9(14-6)10(16)15-12(5,8(3)4)11(13)17/h7-9,14H,1-6H3,(H2,13,17)(H,15,16). The van der Waals surface area contributed by atoms with Gasteiger partial charge in [-0.1, -0.05) is 27.7 Å². The number of amides is 2. The average molecular weight is 243 g/mol. The fourth-order valence-corrected chi connectivity index (χ4v) is 1.59. The van der Waals surface area contributed by atoms with Gasteiger partial charge in [0.05, 0.1) is 6.04 Å². The van der Waals surface area contributed by atoms with Crippen LogP contribution in [0.2, 0.25) is 0 Å². The van der Waals surface area contributed by atoms with Crippen molar-refractivity contribution in [3.63, 3.8) is 0 Å². The monoisotopic (exact) mass is 243 g/mol. The van der Waals surface area contributed by atoms with Gasteiger partial charge in [0.25, 0.3) is 0 Å². The number of rotatable bonds is 6. The number of nitrogens with two attached hydrogens (primary N) is 1. The molecule has 100 valence electrons. The molecule has 0 spiro atoms. The van der Waals surface area contributed by atoms with Gasteiger partial charge in [0.2, 0.25) is 11.8 Å². The van der Waals surface area contributed by atoms with Crippen molar-refractivity contribution >= 4 is 11.8 Å². The molecule has 5 nitrogen and oxygen atoms in total. The van der Waals surface area contributed by atoms with Gasteiger partial charge in [-0.25, -0.2) is 0 Å². The van der Waals surface area contributed by atoms with Crippen LogP contribution in [0.25, 0.3) is 0 Å². The molecule has 0 saturated heterocycles. The van der Waals surface area contributed by atoms with Crippen molar-refractivity contribution in [1.82, 2.24) is 10.6 Å². The third-order valence-electron chi connectivity index (χ3n) is 3.31. The second-order valence-electron chi connectivity index (χ2n) is 5.22. The summed E-state index contributed by atoms with van der Waals surface area (Å²) in [6.45, 7) is 9.25. The molecule has 0 saturated carbocycles. The molecule has 2 amide bonds. The maximum atomic E-state index is 12.1. The molecule has 0 aliphatic rings. The van der Waals surface area contributed by atoms with Crippen LogP contribution >= 0.6 is 0 Å². The van der Waals surface area contributed by atoms with E-state index in [1.165, 1.54) is 0 Å². The lowest BCUT2D eigenvalue weighted by atomic mass is 9.87. The van der Waals surface area contributed by atoms with Gasteiger partial charge in [-0.05, 0) is 25.8 Å². The van der Waals surface area contributed by atoms with E-state index in [-0.39, 0.29) is 23.8 Å². The lowest BCUT2D eigenvalue weighted by Gasteiger charge is -2.33. The van der Waals surface area contributed by atoms with E-state index in [0.717, 1.165) is 0 Å². The van der Waals surface area contributed by atoms with Crippen molar-refractivity contribution in [1.29, 1.82) is 0 Å². The Kier molecular flexibility index (Phi) is 5.61. The fraction of sp³-hybridized carbons (Fsp3) is 0.833. The summed E-state index contributed by atoms with van der Waals surface area (Å²) in [5.74, 6) is -0.630.